The second-order valence-corrected chi connectivity index (χ2v) is 6.23. The van der Waals surface area contributed by atoms with Crippen LogP contribution in [0.4, 0.5) is 0 Å². The number of phenolic OH excluding ortho intramolecular Hbond substituents is 2. The topological polar surface area (TPSA) is 76.0 Å². The quantitative estimate of drug-likeness (QED) is 0.429. The second kappa shape index (κ2) is 7.95. The molecule has 26 heavy (non-hydrogen) atoms. The summed E-state index contributed by atoms with van der Waals surface area (Å²) in [5, 5.41) is 19.3. The van der Waals surface area contributed by atoms with E-state index in [-0.39, 0.29) is 28.6 Å². The molecule has 1 aliphatic rings. The lowest BCUT2D eigenvalue weighted by atomic mass is 10.1. The Labute approximate surface area is 152 Å². The molecule has 3 rings (SSSR count). The van der Waals surface area contributed by atoms with E-state index in [1.165, 1.54) is 31.4 Å². The molecule has 5 heteroatoms. The minimum absolute atomic E-state index is 0.00622. The van der Waals surface area contributed by atoms with Gasteiger partial charge in [-0.15, -0.1) is 0 Å². The van der Waals surface area contributed by atoms with Crippen molar-refractivity contribution in [2.24, 2.45) is 0 Å². The van der Waals surface area contributed by atoms with E-state index < -0.39 is 5.75 Å². The Kier molecular flexibility index (Phi) is 5.46. The number of ketones is 1. The first-order valence-corrected chi connectivity index (χ1v) is 8.82. The van der Waals surface area contributed by atoms with E-state index in [9.17, 15) is 15.0 Å². The lowest BCUT2D eigenvalue weighted by Gasteiger charge is -2.06. The van der Waals surface area contributed by atoms with E-state index in [1.807, 2.05) is 24.3 Å². The van der Waals surface area contributed by atoms with Crippen molar-refractivity contribution in [3.8, 4) is 23.0 Å². The molecule has 0 aromatic heterocycles. The van der Waals surface area contributed by atoms with Crippen molar-refractivity contribution in [2.75, 3.05) is 6.61 Å². The van der Waals surface area contributed by atoms with Gasteiger partial charge in [0.2, 0.25) is 11.5 Å². The largest absolute Gasteiger partial charge is 0.504 e. The highest BCUT2D eigenvalue weighted by atomic mass is 16.5. The van der Waals surface area contributed by atoms with Crippen LogP contribution in [0.3, 0.4) is 0 Å². The SMILES string of the molecule is CCCCCCOc1ccc(/C=C2\Oc3c(ccc(O)c3O)C2=O)cc1. The van der Waals surface area contributed by atoms with Crippen LogP contribution in [0.15, 0.2) is 42.2 Å². The Morgan fingerprint density at radius 1 is 1.04 bits per heavy atom. The number of rotatable bonds is 7. The van der Waals surface area contributed by atoms with Gasteiger partial charge in [0.1, 0.15) is 5.75 Å². The minimum Gasteiger partial charge on any atom is -0.504 e. The fourth-order valence-electron chi connectivity index (χ4n) is 2.76. The van der Waals surface area contributed by atoms with Crippen LogP contribution in [0, 0.1) is 0 Å². The van der Waals surface area contributed by atoms with Crippen LogP contribution < -0.4 is 9.47 Å². The average Bonchev–Trinajstić information content (AvgIpc) is 2.96. The molecule has 136 valence electrons. The van der Waals surface area contributed by atoms with Crippen LogP contribution >= 0.6 is 0 Å². The van der Waals surface area contributed by atoms with Gasteiger partial charge in [0.15, 0.2) is 17.3 Å². The predicted octanol–water partition coefficient (Wildman–Crippen LogP) is 4.67. The predicted molar refractivity (Wildman–Crippen MR) is 98.8 cm³/mol. The summed E-state index contributed by atoms with van der Waals surface area (Å²) in [6.07, 6.45) is 6.23. The first-order chi connectivity index (χ1) is 12.6. The molecule has 0 spiro atoms. The molecular weight excluding hydrogens is 332 g/mol. The molecule has 0 saturated carbocycles. The zero-order valence-corrected chi connectivity index (χ0v) is 14.7. The van der Waals surface area contributed by atoms with E-state index in [0.717, 1.165) is 17.7 Å². The van der Waals surface area contributed by atoms with Crippen LogP contribution in [0.2, 0.25) is 0 Å². The van der Waals surface area contributed by atoms with Gasteiger partial charge in [-0.2, -0.15) is 0 Å². The number of ether oxygens (including phenoxy) is 2. The van der Waals surface area contributed by atoms with Crippen LogP contribution in [-0.4, -0.2) is 22.6 Å². The first-order valence-electron chi connectivity index (χ1n) is 8.82. The maximum atomic E-state index is 12.3. The highest BCUT2D eigenvalue weighted by Gasteiger charge is 2.31. The zero-order chi connectivity index (χ0) is 18.5. The molecule has 5 nitrogen and oxygen atoms in total. The summed E-state index contributed by atoms with van der Waals surface area (Å²) in [5.74, 6) is -0.188. The van der Waals surface area contributed by atoms with Crippen molar-refractivity contribution in [3.05, 3.63) is 53.3 Å². The number of unbranched alkanes of at least 4 members (excludes halogenated alkanes) is 3. The molecule has 0 aliphatic carbocycles. The number of allylic oxidation sites excluding steroid dienone is 1. The van der Waals surface area contributed by atoms with Gasteiger partial charge in [0.05, 0.1) is 12.2 Å². The number of benzene rings is 2. The fraction of sp³-hybridized carbons (Fsp3) is 0.286. The Balaban J connectivity index is 1.66. The van der Waals surface area contributed by atoms with Gasteiger partial charge >= 0.3 is 0 Å². The van der Waals surface area contributed by atoms with E-state index >= 15 is 0 Å². The molecule has 2 aromatic rings. The van der Waals surface area contributed by atoms with Gasteiger partial charge < -0.3 is 19.7 Å². The smallest absolute Gasteiger partial charge is 0.232 e. The third kappa shape index (κ3) is 3.82. The Morgan fingerprint density at radius 3 is 2.54 bits per heavy atom. The van der Waals surface area contributed by atoms with Crippen molar-refractivity contribution in [1.82, 2.24) is 0 Å². The summed E-state index contributed by atoms with van der Waals surface area (Å²) < 4.78 is 11.1. The lowest BCUT2D eigenvalue weighted by Crippen LogP contribution is -1.98. The van der Waals surface area contributed by atoms with E-state index in [2.05, 4.69) is 6.92 Å². The van der Waals surface area contributed by atoms with E-state index in [1.54, 1.807) is 6.08 Å². The summed E-state index contributed by atoms with van der Waals surface area (Å²) in [7, 11) is 0. The normalized spacial score (nSPS) is 14.3. The number of hydrogen-bond donors (Lipinski definition) is 2. The molecule has 0 unspecified atom stereocenters. The van der Waals surface area contributed by atoms with Crippen molar-refractivity contribution in [3.63, 3.8) is 0 Å². The molecule has 0 radical (unpaired) electrons. The number of Topliss-reactive ketones (excluding diaryl/α,β-unsaturated/α-hetero) is 1. The molecule has 0 atom stereocenters. The van der Waals surface area contributed by atoms with Gasteiger partial charge in [-0.1, -0.05) is 38.3 Å². The third-order valence-electron chi connectivity index (χ3n) is 4.24. The summed E-state index contributed by atoms with van der Waals surface area (Å²) in [6, 6.07) is 10.1. The van der Waals surface area contributed by atoms with E-state index in [0.29, 0.717) is 6.61 Å². The van der Waals surface area contributed by atoms with Gasteiger partial charge in [-0.25, -0.2) is 0 Å². The van der Waals surface area contributed by atoms with E-state index in [4.69, 9.17) is 9.47 Å². The number of carbonyl (C=O) groups excluding carboxylic acids is 1. The summed E-state index contributed by atoms with van der Waals surface area (Å²) in [5.41, 5.74) is 1.02. The highest BCUT2D eigenvalue weighted by molar-refractivity contribution is 6.15. The molecule has 1 aliphatic heterocycles. The molecule has 2 aromatic carbocycles. The van der Waals surface area contributed by atoms with Gasteiger partial charge in [-0.3, -0.25) is 4.79 Å². The minimum atomic E-state index is -0.425. The molecule has 2 N–H and O–H groups in total. The van der Waals surface area contributed by atoms with Crippen LogP contribution in [0.5, 0.6) is 23.0 Å². The second-order valence-electron chi connectivity index (χ2n) is 6.23. The monoisotopic (exact) mass is 354 g/mol. The molecule has 1 heterocycles. The molecule has 0 bridgehead atoms. The highest BCUT2D eigenvalue weighted by Crippen LogP contribution is 2.44. The molecule has 0 amide bonds. The number of aromatic hydroxyl groups is 2. The first kappa shape index (κ1) is 17.9. The Bertz CT molecular complexity index is 821. The maximum Gasteiger partial charge on any atom is 0.232 e. The van der Waals surface area contributed by atoms with Crippen LogP contribution in [0.1, 0.15) is 48.5 Å². The Hall–Kier alpha value is -2.95. The number of fused-ring (bicyclic) bond motifs is 1. The number of phenols is 2. The van der Waals surface area contributed by atoms with Crippen molar-refractivity contribution >= 4 is 11.9 Å². The van der Waals surface area contributed by atoms with Gasteiger partial charge in [-0.05, 0) is 42.3 Å². The van der Waals surface area contributed by atoms with Crippen LogP contribution in [0.25, 0.3) is 6.08 Å². The summed E-state index contributed by atoms with van der Waals surface area (Å²) in [6.45, 7) is 2.87. The van der Waals surface area contributed by atoms with Crippen molar-refractivity contribution < 1.29 is 24.5 Å². The number of hydrogen-bond acceptors (Lipinski definition) is 5. The standard InChI is InChI=1S/C21H22O5/c1-2-3-4-5-12-25-15-8-6-14(7-9-15)13-18-19(23)16-10-11-17(22)20(24)21(16)26-18/h6-11,13,22,24H,2-5,12H2,1H3/b18-13-. The summed E-state index contributed by atoms with van der Waals surface area (Å²) >= 11 is 0. The molecular formula is C21H22O5. The van der Waals surface area contributed by atoms with Crippen molar-refractivity contribution in [2.45, 2.75) is 32.6 Å². The zero-order valence-electron chi connectivity index (χ0n) is 14.7. The van der Waals surface area contributed by atoms with Gasteiger partial charge in [0.25, 0.3) is 0 Å². The molecule has 0 fully saturated rings. The van der Waals surface area contributed by atoms with Crippen molar-refractivity contribution in [1.29, 1.82) is 0 Å². The molecule has 0 saturated heterocycles. The lowest BCUT2D eigenvalue weighted by molar-refractivity contribution is 0.101. The number of carbonyl (C=O) groups is 1. The maximum absolute atomic E-state index is 12.3. The van der Waals surface area contributed by atoms with Gasteiger partial charge in [0, 0.05) is 0 Å². The third-order valence-corrected chi connectivity index (χ3v) is 4.24. The Morgan fingerprint density at radius 2 is 1.81 bits per heavy atom. The van der Waals surface area contributed by atoms with Crippen LogP contribution in [-0.2, 0) is 0 Å². The fourth-order valence-corrected chi connectivity index (χ4v) is 2.76. The summed E-state index contributed by atoms with van der Waals surface area (Å²) in [4.78, 5) is 12.3. The average molecular weight is 354 g/mol.